The number of fused-ring (bicyclic) bond motifs is 2. The summed E-state index contributed by atoms with van der Waals surface area (Å²) in [5, 5.41) is 6.60. The fraction of sp³-hybridized carbons (Fsp3) is 0.429. The average molecular weight is 503 g/mol. The molecular weight excluding hydrogens is 472 g/mol. The lowest BCUT2D eigenvalue weighted by molar-refractivity contribution is 0.0604. The average Bonchev–Trinajstić information content (AvgIpc) is 3.30. The Labute approximate surface area is 215 Å². The molecule has 0 aliphatic carbocycles. The van der Waals surface area contributed by atoms with E-state index in [2.05, 4.69) is 10.6 Å². The maximum absolute atomic E-state index is 13.1. The second kappa shape index (κ2) is 9.72. The minimum absolute atomic E-state index is 0.263. The molecule has 2 aromatic rings. The smallest absolute Gasteiger partial charge is 0.261 e. The van der Waals surface area contributed by atoms with Crippen molar-refractivity contribution in [2.75, 3.05) is 39.3 Å². The molecule has 37 heavy (non-hydrogen) atoms. The van der Waals surface area contributed by atoms with E-state index in [1.165, 1.54) is 9.80 Å². The van der Waals surface area contributed by atoms with E-state index in [0.29, 0.717) is 58.7 Å². The van der Waals surface area contributed by atoms with Crippen LogP contribution in [0.5, 0.6) is 11.5 Å². The minimum atomic E-state index is -0.299. The van der Waals surface area contributed by atoms with Crippen LogP contribution in [0.2, 0.25) is 0 Å². The summed E-state index contributed by atoms with van der Waals surface area (Å²) >= 11 is 0. The summed E-state index contributed by atoms with van der Waals surface area (Å²) in [4.78, 5) is 54.6. The van der Waals surface area contributed by atoms with Crippen molar-refractivity contribution >= 4 is 23.6 Å². The van der Waals surface area contributed by atoms with Gasteiger partial charge in [0.15, 0.2) is 0 Å². The van der Waals surface area contributed by atoms with Gasteiger partial charge in [0.05, 0.1) is 22.3 Å². The molecule has 6 rings (SSSR count). The number of nitrogens with one attached hydrogen (secondary N) is 2. The summed E-state index contributed by atoms with van der Waals surface area (Å²) in [6.45, 7) is 4.46. The number of amides is 4. The highest BCUT2D eigenvalue weighted by Gasteiger charge is 2.38. The van der Waals surface area contributed by atoms with Crippen LogP contribution in [0.3, 0.4) is 0 Å². The third kappa shape index (κ3) is 4.42. The van der Waals surface area contributed by atoms with Crippen molar-refractivity contribution in [2.24, 2.45) is 11.8 Å². The van der Waals surface area contributed by atoms with Crippen molar-refractivity contribution in [2.45, 2.75) is 25.7 Å². The van der Waals surface area contributed by atoms with Gasteiger partial charge >= 0.3 is 0 Å². The first-order valence-corrected chi connectivity index (χ1v) is 13.1. The summed E-state index contributed by atoms with van der Waals surface area (Å²) in [6.07, 6.45) is 3.76. The zero-order valence-electron chi connectivity index (χ0n) is 20.6. The highest BCUT2D eigenvalue weighted by atomic mass is 16.5. The second-order valence-electron chi connectivity index (χ2n) is 10.3. The molecular formula is C28H30N4O5. The molecule has 4 heterocycles. The van der Waals surface area contributed by atoms with E-state index >= 15 is 0 Å². The summed E-state index contributed by atoms with van der Waals surface area (Å²) in [7, 11) is 0. The number of hydrogen-bond donors (Lipinski definition) is 2. The van der Waals surface area contributed by atoms with Gasteiger partial charge in [-0.05, 0) is 100 Å². The SMILES string of the molecule is O=C1c2ccc(Oc3ccc4c(c3)C(=O)N(CC3CCNCC3)C4=O)cc2C(=O)N1CC1CCNCC1. The number of benzene rings is 2. The first kappa shape index (κ1) is 23.8. The van der Waals surface area contributed by atoms with E-state index in [1.807, 2.05) is 0 Å². The van der Waals surface area contributed by atoms with E-state index in [1.54, 1.807) is 36.4 Å². The van der Waals surface area contributed by atoms with Gasteiger partial charge in [0.25, 0.3) is 23.6 Å². The minimum Gasteiger partial charge on any atom is -0.457 e. The lowest BCUT2D eigenvalue weighted by Crippen LogP contribution is -2.38. The van der Waals surface area contributed by atoms with Gasteiger partial charge in [0, 0.05) is 13.1 Å². The van der Waals surface area contributed by atoms with Crippen LogP contribution in [0, 0.1) is 11.8 Å². The van der Waals surface area contributed by atoms with Crippen LogP contribution in [0.15, 0.2) is 36.4 Å². The standard InChI is InChI=1S/C28H30N4O5/c33-25-21-3-1-19(13-23(21)27(35)31(25)15-17-5-9-29-10-6-17)37-20-2-4-22-24(14-20)28(36)32(26(22)34)16-18-7-11-30-12-8-18/h1-4,13-14,17-18,29-30H,5-12,15-16H2. The van der Waals surface area contributed by atoms with Crippen molar-refractivity contribution in [3.8, 4) is 11.5 Å². The number of rotatable bonds is 6. The molecule has 0 unspecified atom stereocenters. The van der Waals surface area contributed by atoms with Crippen LogP contribution in [-0.2, 0) is 0 Å². The highest BCUT2D eigenvalue weighted by molar-refractivity contribution is 6.22. The predicted molar refractivity (Wildman–Crippen MR) is 135 cm³/mol. The molecule has 0 atom stereocenters. The van der Waals surface area contributed by atoms with E-state index in [0.717, 1.165) is 51.9 Å². The molecule has 0 spiro atoms. The Bertz CT molecular complexity index is 1180. The fourth-order valence-corrected chi connectivity index (χ4v) is 5.78. The zero-order valence-corrected chi connectivity index (χ0v) is 20.6. The van der Waals surface area contributed by atoms with Gasteiger partial charge in [-0.1, -0.05) is 0 Å². The Morgan fingerprint density at radius 3 is 1.38 bits per heavy atom. The Hall–Kier alpha value is -3.56. The van der Waals surface area contributed by atoms with Crippen LogP contribution >= 0.6 is 0 Å². The van der Waals surface area contributed by atoms with Gasteiger partial charge in [0.1, 0.15) is 11.5 Å². The molecule has 4 aliphatic heterocycles. The molecule has 192 valence electrons. The number of ether oxygens (including phenoxy) is 1. The highest BCUT2D eigenvalue weighted by Crippen LogP contribution is 2.33. The lowest BCUT2D eigenvalue weighted by atomic mass is 9.97. The Morgan fingerprint density at radius 1 is 0.595 bits per heavy atom. The molecule has 9 heteroatoms. The first-order valence-electron chi connectivity index (χ1n) is 13.1. The summed E-state index contributed by atoms with van der Waals surface area (Å²) < 4.78 is 5.99. The van der Waals surface area contributed by atoms with Gasteiger partial charge in [-0.2, -0.15) is 0 Å². The van der Waals surface area contributed by atoms with Crippen LogP contribution in [0.4, 0.5) is 0 Å². The number of carbonyl (C=O) groups excluding carboxylic acids is 4. The van der Waals surface area contributed by atoms with Crippen LogP contribution in [0.1, 0.15) is 67.1 Å². The molecule has 0 radical (unpaired) electrons. The quantitative estimate of drug-likeness (QED) is 0.585. The second-order valence-corrected chi connectivity index (χ2v) is 10.3. The number of hydrogen-bond acceptors (Lipinski definition) is 7. The monoisotopic (exact) mass is 502 g/mol. The Kier molecular flexibility index (Phi) is 6.26. The normalized spacial score (nSPS) is 20.5. The molecule has 9 nitrogen and oxygen atoms in total. The maximum Gasteiger partial charge on any atom is 0.261 e. The van der Waals surface area contributed by atoms with Gasteiger partial charge in [-0.15, -0.1) is 0 Å². The largest absolute Gasteiger partial charge is 0.457 e. The molecule has 2 aromatic carbocycles. The summed E-state index contributed by atoms with van der Waals surface area (Å²) in [5.74, 6) is 0.278. The zero-order chi connectivity index (χ0) is 25.5. The van der Waals surface area contributed by atoms with Crippen molar-refractivity contribution in [1.29, 1.82) is 0 Å². The number of imide groups is 2. The van der Waals surface area contributed by atoms with Gasteiger partial charge in [0.2, 0.25) is 0 Å². The number of nitrogens with zero attached hydrogens (tertiary/aromatic N) is 2. The lowest BCUT2D eigenvalue weighted by Gasteiger charge is -2.26. The van der Waals surface area contributed by atoms with Gasteiger partial charge < -0.3 is 15.4 Å². The van der Waals surface area contributed by atoms with Crippen molar-refractivity contribution in [3.05, 3.63) is 58.7 Å². The van der Waals surface area contributed by atoms with E-state index in [4.69, 9.17) is 4.74 Å². The topological polar surface area (TPSA) is 108 Å². The Balaban J connectivity index is 1.17. The number of piperidine rings is 2. The molecule has 2 N–H and O–H groups in total. The number of carbonyl (C=O) groups is 4. The molecule has 0 saturated carbocycles. The summed E-state index contributed by atoms with van der Waals surface area (Å²) in [5.41, 5.74) is 1.43. The van der Waals surface area contributed by atoms with Gasteiger partial charge in [-0.25, -0.2) is 0 Å². The van der Waals surface area contributed by atoms with Crippen molar-refractivity contribution < 1.29 is 23.9 Å². The van der Waals surface area contributed by atoms with E-state index in [9.17, 15) is 19.2 Å². The fourth-order valence-electron chi connectivity index (χ4n) is 5.78. The molecule has 2 fully saturated rings. The molecule has 2 saturated heterocycles. The van der Waals surface area contributed by atoms with E-state index < -0.39 is 0 Å². The third-order valence-electron chi connectivity index (χ3n) is 7.92. The summed E-state index contributed by atoms with van der Waals surface area (Å²) in [6, 6.07) is 9.72. The molecule has 0 bridgehead atoms. The van der Waals surface area contributed by atoms with E-state index in [-0.39, 0.29) is 23.6 Å². The van der Waals surface area contributed by atoms with Crippen LogP contribution < -0.4 is 15.4 Å². The van der Waals surface area contributed by atoms with Crippen molar-refractivity contribution in [3.63, 3.8) is 0 Å². The van der Waals surface area contributed by atoms with Gasteiger partial charge in [-0.3, -0.25) is 29.0 Å². The molecule has 4 amide bonds. The van der Waals surface area contributed by atoms with Crippen LogP contribution in [-0.4, -0.2) is 72.7 Å². The molecule has 0 aromatic heterocycles. The first-order chi connectivity index (χ1) is 18.0. The third-order valence-corrected chi connectivity index (χ3v) is 7.92. The predicted octanol–water partition coefficient (Wildman–Crippen LogP) is 2.67. The maximum atomic E-state index is 13.1. The van der Waals surface area contributed by atoms with Crippen LogP contribution in [0.25, 0.3) is 0 Å². The molecule has 4 aliphatic rings. The van der Waals surface area contributed by atoms with Crippen molar-refractivity contribution in [1.82, 2.24) is 20.4 Å². The Morgan fingerprint density at radius 2 is 0.973 bits per heavy atom.